The molecule has 2 saturated heterocycles. The first kappa shape index (κ1) is 30.2. The van der Waals surface area contributed by atoms with Crippen molar-refractivity contribution in [1.82, 2.24) is 15.5 Å². The molecule has 3 fully saturated rings. The molecule has 1 aliphatic carbocycles. The zero-order valence-corrected chi connectivity index (χ0v) is 23.5. The predicted octanol–water partition coefficient (Wildman–Crippen LogP) is 4.02. The van der Waals surface area contributed by atoms with E-state index in [0.717, 1.165) is 13.2 Å². The number of rotatable bonds is 4. The Morgan fingerprint density at radius 2 is 1.82 bits per heavy atom. The zero-order chi connectivity index (χ0) is 27.9. The van der Waals surface area contributed by atoms with E-state index in [1.807, 2.05) is 21.0 Å². The maximum atomic E-state index is 14.0. The van der Waals surface area contributed by atoms with Gasteiger partial charge in [0.05, 0.1) is 18.8 Å². The van der Waals surface area contributed by atoms with E-state index < -0.39 is 17.8 Å². The lowest BCUT2D eigenvalue weighted by Gasteiger charge is -2.38. The molecule has 2 atom stereocenters. The van der Waals surface area contributed by atoms with Crippen molar-refractivity contribution in [3.05, 3.63) is 34.6 Å². The second-order valence-electron chi connectivity index (χ2n) is 10.6. The molecule has 3 heterocycles. The number of piperidine rings is 1. The third-order valence-electron chi connectivity index (χ3n) is 8.01. The molecule has 2 unspecified atom stereocenters. The molecule has 8 nitrogen and oxygen atoms in total. The van der Waals surface area contributed by atoms with Crippen LogP contribution in [0.2, 0.25) is 0 Å². The molecule has 1 aromatic carbocycles. The van der Waals surface area contributed by atoms with Gasteiger partial charge in [-0.1, -0.05) is 19.9 Å². The zero-order valence-electron chi connectivity index (χ0n) is 23.5. The molecular weight excluding hydrogens is 489 g/mol. The van der Waals surface area contributed by atoms with Crippen molar-refractivity contribution in [2.45, 2.75) is 109 Å². The number of methoxy groups -OCH3 is 1. The van der Waals surface area contributed by atoms with Crippen molar-refractivity contribution in [1.29, 1.82) is 0 Å². The molecule has 38 heavy (non-hydrogen) atoms. The first-order valence-corrected chi connectivity index (χ1v) is 14.0. The van der Waals surface area contributed by atoms with Gasteiger partial charge in [-0.05, 0) is 70.4 Å². The highest BCUT2D eigenvalue weighted by molar-refractivity contribution is 6.05. The molecule has 212 valence electrons. The number of carbonyl (C=O) groups excluding carboxylic acids is 3. The first-order valence-electron chi connectivity index (χ1n) is 14.0. The number of amides is 3. The smallest absolute Gasteiger partial charge is 0.255 e. The van der Waals surface area contributed by atoms with Gasteiger partial charge in [-0.25, -0.2) is 4.39 Å². The summed E-state index contributed by atoms with van der Waals surface area (Å²) < 4.78 is 25.1. The number of fused-ring (bicyclic) bond motifs is 1. The maximum Gasteiger partial charge on any atom is 0.255 e. The number of aryl methyl sites for hydroxylation is 1. The highest BCUT2D eigenvalue weighted by Crippen LogP contribution is 2.32. The molecule has 5 rings (SSSR count). The Balaban J connectivity index is 0.000000202. The first-order chi connectivity index (χ1) is 18.2. The Hall–Kier alpha value is -2.36. The summed E-state index contributed by atoms with van der Waals surface area (Å²) in [5.74, 6) is -1.57. The van der Waals surface area contributed by atoms with E-state index in [4.69, 9.17) is 9.47 Å². The Kier molecular flexibility index (Phi) is 10.8. The molecule has 0 aromatic heterocycles. The lowest BCUT2D eigenvalue weighted by molar-refractivity contribution is -0.136. The van der Waals surface area contributed by atoms with Gasteiger partial charge in [0.25, 0.3) is 5.91 Å². The SMILES string of the molecule is CC.COC1(C)CCC(NC2CCCOC2)CC1.Cc1ccc2c(c1F)CN(C1CCC(=O)NC1=O)C2=O. The molecule has 1 saturated carbocycles. The number of hydrogen-bond acceptors (Lipinski definition) is 6. The Morgan fingerprint density at radius 3 is 2.42 bits per heavy atom. The van der Waals surface area contributed by atoms with E-state index in [1.54, 1.807) is 19.1 Å². The van der Waals surface area contributed by atoms with Gasteiger partial charge >= 0.3 is 0 Å². The van der Waals surface area contributed by atoms with Crippen molar-refractivity contribution in [3.8, 4) is 0 Å². The third kappa shape index (κ3) is 7.18. The molecule has 0 bridgehead atoms. The van der Waals surface area contributed by atoms with Gasteiger partial charge in [0.2, 0.25) is 11.8 Å². The second kappa shape index (κ2) is 13.6. The number of benzene rings is 1. The fourth-order valence-corrected chi connectivity index (χ4v) is 5.53. The van der Waals surface area contributed by atoms with Crippen molar-refractivity contribution < 1.29 is 28.2 Å². The molecule has 0 spiro atoms. The Morgan fingerprint density at radius 1 is 1.11 bits per heavy atom. The van der Waals surface area contributed by atoms with Gasteiger partial charge < -0.3 is 19.7 Å². The quantitative estimate of drug-likeness (QED) is 0.568. The van der Waals surface area contributed by atoms with Crippen LogP contribution < -0.4 is 10.6 Å². The van der Waals surface area contributed by atoms with Gasteiger partial charge in [-0.3, -0.25) is 19.7 Å². The van der Waals surface area contributed by atoms with Crippen LogP contribution in [-0.4, -0.2) is 66.7 Å². The van der Waals surface area contributed by atoms with Crippen LogP contribution in [0.25, 0.3) is 0 Å². The largest absolute Gasteiger partial charge is 0.380 e. The monoisotopic (exact) mass is 533 g/mol. The topological polar surface area (TPSA) is 97.0 Å². The van der Waals surface area contributed by atoms with E-state index in [1.165, 1.54) is 43.4 Å². The van der Waals surface area contributed by atoms with E-state index in [-0.39, 0.29) is 36.8 Å². The number of imide groups is 1. The summed E-state index contributed by atoms with van der Waals surface area (Å²) in [6.07, 6.45) is 7.78. The summed E-state index contributed by atoms with van der Waals surface area (Å²) in [4.78, 5) is 36.6. The molecule has 0 radical (unpaired) electrons. The molecule has 9 heteroatoms. The highest BCUT2D eigenvalue weighted by Gasteiger charge is 2.40. The number of ether oxygens (including phenoxy) is 2. The summed E-state index contributed by atoms with van der Waals surface area (Å²) in [6, 6.07) is 3.70. The van der Waals surface area contributed by atoms with E-state index in [0.29, 0.717) is 28.8 Å². The minimum atomic E-state index is -0.702. The summed E-state index contributed by atoms with van der Waals surface area (Å²) in [6.45, 7) is 9.79. The summed E-state index contributed by atoms with van der Waals surface area (Å²) in [5.41, 5.74) is 1.24. The minimum Gasteiger partial charge on any atom is -0.380 e. The lowest BCUT2D eigenvalue weighted by atomic mass is 9.83. The third-order valence-corrected chi connectivity index (χ3v) is 8.01. The van der Waals surface area contributed by atoms with Crippen LogP contribution in [0, 0.1) is 12.7 Å². The van der Waals surface area contributed by atoms with Gasteiger partial charge in [0.1, 0.15) is 11.9 Å². The van der Waals surface area contributed by atoms with Crippen LogP contribution in [0.1, 0.15) is 93.6 Å². The van der Waals surface area contributed by atoms with E-state index in [9.17, 15) is 18.8 Å². The molecule has 2 N–H and O–H groups in total. The van der Waals surface area contributed by atoms with Gasteiger partial charge in [0, 0.05) is 43.3 Å². The fourth-order valence-electron chi connectivity index (χ4n) is 5.53. The lowest BCUT2D eigenvalue weighted by Crippen LogP contribution is -2.52. The van der Waals surface area contributed by atoms with Gasteiger partial charge in [-0.2, -0.15) is 0 Å². The summed E-state index contributed by atoms with van der Waals surface area (Å²) >= 11 is 0. The van der Waals surface area contributed by atoms with E-state index in [2.05, 4.69) is 17.6 Å². The predicted molar refractivity (Wildman–Crippen MR) is 143 cm³/mol. The van der Waals surface area contributed by atoms with E-state index >= 15 is 0 Å². The number of halogens is 1. The number of nitrogens with one attached hydrogen (secondary N) is 2. The van der Waals surface area contributed by atoms with Crippen LogP contribution in [0.4, 0.5) is 4.39 Å². The Labute approximate surface area is 226 Å². The fraction of sp³-hybridized carbons (Fsp3) is 0.690. The van der Waals surface area contributed by atoms with Crippen LogP contribution in [0.5, 0.6) is 0 Å². The van der Waals surface area contributed by atoms with Gasteiger partial charge in [-0.15, -0.1) is 0 Å². The summed E-state index contributed by atoms with van der Waals surface area (Å²) in [5, 5.41) is 5.95. The molecular formula is C29H44FN3O5. The second-order valence-corrected chi connectivity index (χ2v) is 10.6. The average molecular weight is 534 g/mol. The van der Waals surface area contributed by atoms with Crippen LogP contribution in [0.15, 0.2) is 12.1 Å². The van der Waals surface area contributed by atoms with Crippen LogP contribution in [0.3, 0.4) is 0 Å². The molecule has 3 amide bonds. The maximum absolute atomic E-state index is 14.0. The van der Waals surface area contributed by atoms with Crippen molar-refractivity contribution >= 4 is 17.7 Å². The van der Waals surface area contributed by atoms with Gasteiger partial charge in [0.15, 0.2) is 0 Å². The molecule has 1 aromatic rings. The standard InChI is InChI=1S/C14H13FN2O3.C13H25NO2.C2H6/c1-7-2-3-8-9(12(7)15)6-17(14(8)20)10-4-5-11(18)16-13(10)19;1-13(15-2)7-5-11(6-8-13)14-12-4-3-9-16-10-12;1-2/h2-3,10H,4-6H2,1H3,(H,16,18,19);11-12,14H,3-10H2,1-2H3;1-2H3. The van der Waals surface area contributed by atoms with Crippen LogP contribution in [-0.2, 0) is 25.6 Å². The molecule has 3 aliphatic heterocycles. The molecule has 4 aliphatic rings. The number of hydrogen-bond donors (Lipinski definition) is 2. The van der Waals surface area contributed by atoms with Crippen molar-refractivity contribution in [2.75, 3.05) is 20.3 Å². The summed E-state index contributed by atoms with van der Waals surface area (Å²) in [7, 11) is 1.84. The van der Waals surface area contributed by atoms with Crippen molar-refractivity contribution in [2.24, 2.45) is 0 Å². The normalized spacial score (nSPS) is 28.9. The Bertz CT molecular complexity index is 987. The highest BCUT2D eigenvalue weighted by atomic mass is 19.1. The number of nitrogens with zero attached hydrogens (tertiary/aromatic N) is 1. The number of carbonyl (C=O) groups is 3. The van der Waals surface area contributed by atoms with Crippen LogP contribution >= 0.6 is 0 Å². The van der Waals surface area contributed by atoms with Crippen molar-refractivity contribution in [3.63, 3.8) is 0 Å². The average Bonchev–Trinajstić information content (AvgIpc) is 3.26. The minimum absolute atomic E-state index is 0.0773.